The second-order valence-corrected chi connectivity index (χ2v) is 4.77. The number of benzene rings is 1. The number of aldehydes is 1. The van der Waals surface area contributed by atoms with E-state index < -0.39 is 0 Å². The monoisotopic (exact) mass is 383 g/mol. The largest absolute Gasteiger partial charge is 1.00 e. The molecule has 0 N–H and O–H groups in total. The molecular formula is C14H11Br2NO2. The first-order valence-electron chi connectivity index (χ1n) is 5.61. The molecule has 5 heteroatoms. The topological polar surface area (TPSA) is 30.2 Å². The van der Waals surface area contributed by atoms with Gasteiger partial charge in [-0.3, -0.25) is 4.79 Å². The van der Waals surface area contributed by atoms with Crippen LogP contribution in [0, 0.1) is 6.92 Å². The quantitative estimate of drug-likeness (QED) is 0.505. The highest BCUT2D eigenvalue weighted by atomic mass is 79.9. The molecule has 0 amide bonds. The van der Waals surface area contributed by atoms with Crippen LogP contribution >= 0.6 is 15.9 Å². The molecule has 1 aromatic carbocycles. The third-order valence-corrected chi connectivity index (χ3v) is 3.61. The first-order valence-corrected chi connectivity index (χ1v) is 6.53. The predicted octanol–water partition coefficient (Wildman–Crippen LogP) is -0.162. The number of hydrogen-bond donors (Lipinski definition) is 0. The fourth-order valence-corrected chi connectivity index (χ4v) is 2.58. The summed E-state index contributed by atoms with van der Waals surface area (Å²) in [6, 6.07) is 8.02. The Morgan fingerprint density at radius 1 is 1.37 bits per heavy atom. The van der Waals surface area contributed by atoms with Gasteiger partial charge in [0.2, 0.25) is 11.2 Å². The number of nitrogens with zero attached hydrogens (tertiary/aromatic N) is 1. The molecular weight excluding hydrogens is 374 g/mol. The summed E-state index contributed by atoms with van der Waals surface area (Å²) in [6.07, 6.45) is 0.836. The highest BCUT2D eigenvalue weighted by Gasteiger charge is 2.33. The van der Waals surface area contributed by atoms with Gasteiger partial charge in [-0.1, -0.05) is 22.0 Å². The Labute approximate surface area is 129 Å². The maximum absolute atomic E-state index is 11.1. The van der Waals surface area contributed by atoms with Gasteiger partial charge in [-0.15, -0.1) is 4.57 Å². The van der Waals surface area contributed by atoms with Crippen LogP contribution in [0.3, 0.4) is 0 Å². The van der Waals surface area contributed by atoms with Gasteiger partial charge in [0.05, 0.1) is 4.99 Å². The molecule has 0 bridgehead atoms. The second-order valence-electron chi connectivity index (χ2n) is 4.31. The first kappa shape index (κ1) is 14.2. The summed E-state index contributed by atoms with van der Waals surface area (Å²) in [7, 11) is 0. The number of aryl methyl sites for hydroxylation is 1. The van der Waals surface area contributed by atoms with Gasteiger partial charge >= 0.3 is 5.88 Å². The normalized spacial score (nSPS) is 14.9. The molecule has 1 aliphatic heterocycles. The Kier molecular flexibility index (Phi) is 4.06. The smallest absolute Gasteiger partial charge is 0.385 e. The van der Waals surface area contributed by atoms with Crippen molar-refractivity contribution in [2.45, 2.75) is 6.92 Å². The lowest BCUT2D eigenvalue weighted by atomic mass is 10.1. The van der Waals surface area contributed by atoms with Crippen LogP contribution < -0.4 is 26.3 Å². The molecule has 0 saturated carbocycles. The minimum atomic E-state index is 0. The number of hydrogen-bond acceptors (Lipinski definition) is 2. The van der Waals surface area contributed by atoms with Crippen molar-refractivity contribution in [3.8, 4) is 5.88 Å². The number of fused-ring (bicyclic) bond motifs is 3. The van der Waals surface area contributed by atoms with Crippen LogP contribution in [0.15, 0.2) is 29.3 Å². The van der Waals surface area contributed by atoms with Crippen molar-refractivity contribution in [3.05, 3.63) is 40.4 Å². The van der Waals surface area contributed by atoms with Crippen molar-refractivity contribution in [3.63, 3.8) is 0 Å². The van der Waals surface area contributed by atoms with Crippen LogP contribution in [0.1, 0.15) is 15.9 Å². The van der Waals surface area contributed by atoms with Crippen molar-refractivity contribution in [2.75, 3.05) is 6.61 Å². The molecule has 0 saturated heterocycles. The molecule has 2 aromatic rings. The Morgan fingerprint density at radius 3 is 2.84 bits per heavy atom. The fourth-order valence-electron chi connectivity index (χ4n) is 2.24. The third-order valence-electron chi connectivity index (χ3n) is 3.08. The molecule has 19 heavy (non-hydrogen) atoms. The van der Waals surface area contributed by atoms with Gasteiger partial charge in [0.15, 0.2) is 12.9 Å². The Hall–Kier alpha value is -1.20. The Bertz CT molecular complexity index is 695. The maximum atomic E-state index is 11.1. The van der Waals surface area contributed by atoms with E-state index in [-0.39, 0.29) is 17.0 Å². The SMILES string of the molecule is Cc1ccc2cc(C=O)c3[n+](c2c1)C(=CBr)CO3.[Br-]. The van der Waals surface area contributed by atoms with Gasteiger partial charge < -0.3 is 21.7 Å². The van der Waals surface area contributed by atoms with Crippen LogP contribution in [0.2, 0.25) is 0 Å². The molecule has 0 radical (unpaired) electrons. The third kappa shape index (κ3) is 2.21. The summed E-state index contributed by atoms with van der Waals surface area (Å²) in [5.41, 5.74) is 3.80. The lowest BCUT2D eigenvalue weighted by molar-refractivity contribution is -0.544. The molecule has 2 heterocycles. The van der Waals surface area contributed by atoms with Crippen molar-refractivity contribution in [1.29, 1.82) is 0 Å². The van der Waals surface area contributed by atoms with Crippen LogP contribution in [-0.2, 0) is 0 Å². The molecule has 1 aromatic heterocycles. The van der Waals surface area contributed by atoms with Gasteiger partial charge in [-0.25, -0.2) is 0 Å². The highest BCUT2D eigenvalue weighted by Crippen LogP contribution is 2.26. The summed E-state index contributed by atoms with van der Waals surface area (Å²) < 4.78 is 7.59. The lowest BCUT2D eigenvalue weighted by Crippen LogP contribution is -3.00. The highest BCUT2D eigenvalue weighted by molar-refractivity contribution is 9.11. The summed E-state index contributed by atoms with van der Waals surface area (Å²) >= 11 is 3.35. The molecule has 0 spiro atoms. The number of carbonyl (C=O) groups is 1. The molecule has 0 unspecified atom stereocenters. The number of halogens is 2. The van der Waals surface area contributed by atoms with Crippen LogP contribution in [0.4, 0.5) is 0 Å². The zero-order chi connectivity index (χ0) is 12.7. The lowest BCUT2D eigenvalue weighted by Gasteiger charge is -2.01. The van der Waals surface area contributed by atoms with Crippen molar-refractivity contribution in [1.82, 2.24) is 0 Å². The zero-order valence-corrected chi connectivity index (χ0v) is 13.4. The summed E-state index contributed by atoms with van der Waals surface area (Å²) in [6.45, 7) is 2.52. The number of pyridine rings is 1. The van der Waals surface area contributed by atoms with Crippen LogP contribution in [-0.4, -0.2) is 12.9 Å². The molecule has 98 valence electrons. The first-order chi connectivity index (χ1) is 8.74. The molecule has 0 aliphatic carbocycles. The van der Waals surface area contributed by atoms with E-state index in [0.29, 0.717) is 18.1 Å². The van der Waals surface area contributed by atoms with Gasteiger partial charge in [-0.05, 0) is 24.6 Å². The number of carbonyl (C=O) groups excluding carboxylic acids is 1. The summed E-state index contributed by atoms with van der Waals surface area (Å²) in [5.74, 6) is 0.619. The Balaban J connectivity index is 0.00000133. The number of rotatable bonds is 1. The van der Waals surface area contributed by atoms with Gasteiger partial charge in [0.25, 0.3) is 0 Å². The molecule has 0 fully saturated rings. The molecule has 1 aliphatic rings. The standard InChI is InChI=1S/C14H11BrNO2.BrH/c1-9-2-3-10-5-11(7-17)14-16(13(10)4-9)12(6-15)8-18-14;/h2-7H,8H2,1H3;1H/q+1;/p-1. The van der Waals surface area contributed by atoms with E-state index >= 15 is 0 Å². The van der Waals surface area contributed by atoms with E-state index in [1.165, 1.54) is 5.56 Å². The summed E-state index contributed by atoms with van der Waals surface area (Å²) in [4.78, 5) is 13.0. The molecule has 0 atom stereocenters. The van der Waals surface area contributed by atoms with E-state index in [2.05, 4.69) is 22.0 Å². The van der Waals surface area contributed by atoms with Gasteiger partial charge in [-0.2, -0.15) is 0 Å². The van der Waals surface area contributed by atoms with E-state index in [0.717, 1.165) is 22.9 Å². The van der Waals surface area contributed by atoms with Gasteiger partial charge in [0.1, 0.15) is 5.56 Å². The molecule has 3 nitrogen and oxygen atoms in total. The molecule has 3 rings (SSSR count). The van der Waals surface area contributed by atoms with Crippen molar-refractivity contribution >= 4 is 38.8 Å². The Morgan fingerprint density at radius 2 is 2.16 bits per heavy atom. The van der Waals surface area contributed by atoms with Crippen LogP contribution in [0.5, 0.6) is 5.88 Å². The van der Waals surface area contributed by atoms with Gasteiger partial charge in [0, 0.05) is 11.5 Å². The van der Waals surface area contributed by atoms with Crippen LogP contribution in [0.25, 0.3) is 16.6 Å². The minimum absolute atomic E-state index is 0. The average Bonchev–Trinajstić information content (AvgIpc) is 2.82. The number of ether oxygens (including phenoxy) is 1. The van der Waals surface area contributed by atoms with E-state index in [9.17, 15) is 4.79 Å². The van der Waals surface area contributed by atoms with E-state index in [1.54, 1.807) is 0 Å². The van der Waals surface area contributed by atoms with E-state index in [1.807, 2.05) is 34.7 Å². The number of aromatic nitrogens is 1. The maximum Gasteiger partial charge on any atom is 0.385 e. The van der Waals surface area contributed by atoms with Crippen molar-refractivity contribution < 1.29 is 31.1 Å². The van der Waals surface area contributed by atoms with E-state index in [4.69, 9.17) is 4.74 Å². The zero-order valence-electron chi connectivity index (χ0n) is 10.2. The van der Waals surface area contributed by atoms with Crippen molar-refractivity contribution in [2.24, 2.45) is 0 Å². The average molecular weight is 385 g/mol. The predicted molar refractivity (Wildman–Crippen MR) is 73.0 cm³/mol. The minimum Gasteiger partial charge on any atom is -1.00 e. The second kappa shape index (κ2) is 5.43. The fraction of sp³-hybridized carbons (Fsp3) is 0.143. The summed E-state index contributed by atoms with van der Waals surface area (Å²) in [5, 5.41) is 1.03.